The van der Waals surface area contributed by atoms with Crippen molar-refractivity contribution in [2.45, 2.75) is 26.2 Å². The van der Waals surface area contributed by atoms with Gasteiger partial charge in [0.2, 0.25) is 11.8 Å². The molecule has 8 heteroatoms. The first kappa shape index (κ1) is 23.9. The SMILES string of the molecule is CCCC(=O)Nc1ccc(NCC(=O)Nc2ccc(C(=O)NCCCOC)cc2)cc1. The molecular formula is C23H30N4O4. The number of carbonyl (C=O) groups excluding carboxylic acids is 3. The predicted octanol–water partition coefficient (Wildman–Crippen LogP) is 3.24. The zero-order valence-corrected chi connectivity index (χ0v) is 18.0. The summed E-state index contributed by atoms with van der Waals surface area (Å²) in [6.07, 6.45) is 2.03. The highest BCUT2D eigenvalue weighted by Crippen LogP contribution is 2.14. The molecule has 0 aliphatic carbocycles. The number of anilines is 3. The molecule has 31 heavy (non-hydrogen) atoms. The van der Waals surface area contributed by atoms with Gasteiger partial charge in [0.1, 0.15) is 0 Å². The minimum atomic E-state index is -0.211. The van der Waals surface area contributed by atoms with Crippen molar-refractivity contribution in [2.24, 2.45) is 0 Å². The predicted molar refractivity (Wildman–Crippen MR) is 122 cm³/mol. The standard InChI is InChI=1S/C23H30N4O4/c1-3-5-21(28)26-20-12-10-18(11-13-20)25-16-22(29)27-19-8-6-17(7-9-19)23(30)24-14-4-15-31-2/h6-13,25H,3-5,14-16H2,1-2H3,(H,24,30)(H,26,28)(H,27,29). The molecule has 0 aliphatic heterocycles. The maximum atomic E-state index is 12.2. The van der Waals surface area contributed by atoms with E-state index in [1.165, 1.54) is 0 Å². The first-order chi connectivity index (χ1) is 15.0. The van der Waals surface area contributed by atoms with Crippen molar-refractivity contribution >= 4 is 34.8 Å². The molecule has 166 valence electrons. The van der Waals surface area contributed by atoms with E-state index < -0.39 is 0 Å². The summed E-state index contributed by atoms with van der Waals surface area (Å²) in [6.45, 7) is 3.18. The van der Waals surface area contributed by atoms with E-state index in [2.05, 4.69) is 21.3 Å². The van der Waals surface area contributed by atoms with Gasteiger partial charge in [-0.2, -0.15) is 0 Å². The van der Waals surface area contributed by atoms with Crippen molar-refractivity contribution < 1.29 is 19.1 Å². The largest absolute Gasteiger partial charge is 0.385 e. The summed E-state index contributed by atoms with van der Waals surface area (Å²) in [5.74, 6) is -0.390. The van der Waals surface area contributed by atoms with Gasteiger partial charge in [-0.1, -0.05) is 6.92 Å². The minimum absolute atomic E-state index is 0.0165. The molecule has 8 nitrogen and oxygen atoms in total. The maximum absolute atomic E-state index is 12.2. The van der Waals surface area contributed by atoms with Crippen molar-refractivity contribution in [3.8, 4) is 0 Å². The van der Waals surface area contributed by atoms with Crippen molar-refractivity contribution in [1.82, 2.24) is 5.32 Å². The van der Waals surface area contributed by atoms with Crippen LogP contribution in [-0.2, 0) is 14.3 Å². The average Bonchev–Trinajstić information content (AvgIpc) is 2.77. The third-order valence-corrected chi connectivity index (χ3v) is 4.34. The van der Waals surface area contributed by atoms with Crippen molar-refractivity contribution in [3.05, 3.63) is 54.1 Å². The quantitative estimate of drug-likeness (QED) is 0.390. The first-order valence-electron chi connectivity index (χ1n) is 10.3. The van der Waals surface area contributed by atoms with E-state index >= 15 is 0 Å². The average molecular weight is 427 g/mol. The molecule has 0 spiro atoms. The van der Waals surface area contributed by atoms with Crippen LogP contribution in [-0.4, -0.2) is 44.5 Å². The molecule has 2 aromatic rings. The fourth-order valence-electron chi connectivity index (χ4n) is 2.73. The Morgan fingerprint density at radius 3 is 2.03 bits per heavy atom. The van der Waals surface area contributed by atoms with Crippen LogP contribution in [0.4, 0.5) is 17.1 Å². The summed E-state index contributed by atoms with van der Waals surface area (Å²) in [5.41, 5.74) is 2.62. The third-order valence-electron chi connectivity index (χ3n) is 4.34. The molecule has 0 heterocycles. The minimum Gasteiger partial charge on any atom is -0.385 e. The number of benzene rings is 2. The second-order valence-corrected chi connectivity index (χ2v) is 6.96. The number of hydrogen-bond acceptors (Lipinski definition) is 5. The van der Waals surface area contributed by atoms with E-state index in [0.29, 0.717) is 30.8 Å². The van der Waals surface area contributed by atoms with E-state index in [-0.39, 0.29) is 24.3 Å². The van der Waals surface area contributed by atoms with Gasteiger partial charge in [-0.3, -0.25) is 14.4 Å². The van der Waals surface area contributed by atoms with Gasteiger partial charge in [0.15, 0.2) is 0 Å². The molecule has 4 N–H and O–H groups in total. The van der Waals surface area contributed by atoms with Crippen molar-refractivity contribution in [3.63, 3.8) is 0 Å². The van der Waals surface area contributed by atoms with E-state index in [0.717, 1.165) is 24.2 Å². The molecule has 0 bridgehead atoms. The van der Waals surface area contributed by atoms with Gasteiger partial charge >= 0.3 is 0 Å². The Hall–Kier alpha value is -3.39. The molecule has 0 saturated heterocycles. The number of hydrogen-bond donors (Lipinski definition) is 4. The van der Waals surface area contributed by atoms with Gasteiger partial charge in [0, 0.05) is 49.3 Å². The lowest BCUT2D eigenvalue weighted by molar-refractivity contribution is -0.116. The van der Waals surface area contributed by atoms with Crippen LogP contribution >= 0.6 is 0 Å². The Labute approximate surface area is 182 Å². The maximum Gasteiger partial charge on any atom is 0.251 e. The van der Waals surface area contributed by atoms with E-state index in [4.69, 9.17) is 4.74 Å². The smallest absolute Gasteiger partial charge is 0.251 e. The van der Waals surface area contributed by atoms with Crippen LogP contribution in [0.3, 0.4) is 0 Å². The fraction of sp³-hybridized carbons (Fsp3) is 0.348. The summed E-state index contributed by atoms with van der Waals surface area (Å²) in [5, 5.41) is 11.4. The lowest BCUT2D eigenvalue weighted by Gasteiger charge is -2.10. The molecule has 0 saturated carbocycles. The second kappa shape index (κ2) is 13.0. The lowest BCUT2D eigenvalue weighted by Crippen LogP contribution is -2.25. The highest BCUT2D eigenvalue weighted by atomic mass is 16.5. The Morgan fingerprint density at radius 2 is 1.42 bits per heavy atom. The molecule has 0 radical (unpaired) electrons. The molecule has 3 amide bonds. The molecule has 0 aromatic heterocycles. The molecule has 0 unspecified atom stereocenters. The topological polar surface area (TPSA) is 109 Å². The van der Waals surface area contributed by atoms with Crippen molar-refractivity contribution in [1.29, 1.82) is 0 Å². The van der Waals surface area contributed by atoms with Crippen LogP contribution in [0.1, 0.15) is 36.5 Å². The summed E-state index contributed by atoms with van der Waals surface area (Å²) in [6, 6.07) is 13.9. The summed E-state index contributed by atoms with van der Waals surface area (Å²) in [7, 11) is 1.62. The van der Waals surface area contributed by atoms with Gasteiger partial charge in [0.25, 0.3) is 5.91 Å². The van der Waals surface area contributed by atoms with E-state index in [1.807, 2.05) is 6.92 Å². The Bertz CT molecular complexity index is 851. The van der Waals surface area contributed by atoms with Crippen LogP contribution < -0.4 is 21.3 Å². The third kappa shape index (κ3) is 8.88. The monoisotopic (exact) mass is 426 g/mol. The first-order valence-corrected chi connectivity index (χ1v) is 10.3. The van der Waals surface area contributed by atoms with Gasteiger partial charge in [-0.05, 0) is 61.4 Å². The van der Waals surface area contributed by atoms with Crippen LogP contribution in [0.15, 0.2) is 48.5 Å². The highest BCUT2D eigenvalue weighted by Gasteiger charge is 2.07. The normalized spacial score (nSPS) is 10.3. The Balaban J connectivity index is 1.75. The second-order valence-electron chi connectivity index (χ2n) is 6.96. The number of rotatable bonds is 12. The number of methoxy groups -OCH3 is 1. The molecule has 0 atom stereocenters. The van der Waals surface area contributed by atoms with Crippen LogP contribution in [0.25, 0.3) is 0 Å². The molecular weight excluding hydrogens is 396 g/mol. The molecule has 2 rings (SSSR count). The summed E-state index contributed by atoms with van der Waals surface area (Å²) in [4.78, 5) is 35.8. The number of nitrogens with one attached hydrogen (secondary N) is 4. The lowest BCUT2D eigenvalue weighted by atomic mass is 10.2. The van der Waals surface area contributed by atoms with Crippen LogP contribution in [0.5, 0.6) is 0 Å². The van der Waals surface area contributed by atoms with Gasteiger partial charge < -0.3 is 26.0 Å². The summed E-state index contributed by atoms with van der Waals surface area (Å²) < 4.78 is 4.95. The van der Waals surface area contributed by atoms with Gasteiger partial charge in [-0.15, -0.1) is 0 Å². The fourth-order valence-corrected chi connectivity index (χ4v) is 2.73. The van der Waals surface area contributed by atoms with Crippen molar-refractivity contribution in [2.75, 3.05) is 42.8 Å². The molecule has 0 fully saturated rings. The molecule has 2 aromatic carbocycles. The Morgan fingerprint density at radius 1 is 0.839 bits per heavy atom. The zero-order valence-electron chi connectivity index (χ0n) is 18.0. The van der Waals surface area contributed by atoms with Crippen LogP contribution in [0, 0.1) is 0 Å². The van der Waals surface area contributed by atoms with Gasteiger partial charge in [-0.25, -0.2) is 0 Å². The highest BCUT2D eigenvalue weighted by molar-refractivity contribution is 5.96. The van der Waals surface area contributed by atoms with E-state index in [1.54, 1.807) is 55.6 Å². The van der Waals surface area contributed by atoms with Gasteiger partial charge in [0.05, 0.1) is 6.54 Å². The number of ether oxygens (including phenoxy) is 1. The van der Waals surface area contributed by atoms with E-state index in [9.17, 15) is 14.4 Å². The molecule has 0 aliphatic rings. The number of carbonyl (C=O) groups is 3. The summed E-state index contributed by atoms with van der Waals surface area (Å²) >= 11 is 0. The zero-order chi connectivity index (χ0) is 22.5. The Kier molecular flexibility index (Phi) is 10.0. The van der Waals surface area contributed by atoms with Crippen LogP contribution in [0.2, 0.25) is 0 Å². The number of amides is 3.